The van der Waals surface area contributed by atoms with Crippen LogP contribution >= 0.6 is 24.0 Å². The van der Waals surface area contributed by atoms with Gasteiger partial charge in [-0.15, -0.1) is 24.0 Å². The van der Waals surface area contributed by atoms with Crippen molar-refractivity contribution in [2.24, 2.45) is 4.99 Å². The van der Waals surface area contributed by atoms with Gasteiger partial charge in [-0.2, -0.15) is 0 Å². The van der Waals surface area contributed by atoms with Crippen LogP contribution in [0.5, 0.6) is 5.75 Å². The number of benzene rings is 1. The summed E-state index contributed by atoms with van der Waals surface area (Å²) in [4.78, 5) is 19.2. The third-order valence-electron chi connectivity index (χ3n) is 5.60. The van der Waals surface area contributed by atoms with E-state index in [0.717, 1.165) is 36.9 Å². The summed E-state index contributed by atoms with van der Waals surface area (Å²) in [5, 5.41) is 6.77. The predicted octanol–water partition coefficient (Wildman–Crippen LogP) is 3.98. The van der Waals surface area contributed by atoms with Crippen LogP contribution in [0.2, 0.25) is 0 Å². The Balaban J connectivity index is 0.00000385. The Hall–Kier alpha value is -2.27. The lowest BCUT2D eigenvalue weighted by Gasteiger charge is -2.33. The van der Waals surface area contributed by atoms with Crippen molar-refractivity contribution in [3.63, 3.8) is 0 Å². The fourth-order valence-electron chi connectivity index (χ4n) is 3.95. The summed E-state index contributed by atoms with van der Waals surface area (Å²) in [5.74, 6) is 1.74. The van der Waals surface area contributed by atoms with Gasteiger partial charge >= 0.3 is 5.97 Å². The molecule has 0 amide bonds. The van der Waals surface area contributed by atoms with Crippen LogP contribution in [0, 0.1) is 0 Å². The zero-order valence-corrected chi connectivity index (χ0v) is 22.0. The van der Waals surface area contributed by atoms with E-state index in [1.807, 2.05) is 25.1 Å². The molecule has 2 N–H and O–H groups in total. The van der Waals surface area contributed by atoms with Gasteiger partial charge in [-0.25, -0.2) is 9.79 Å². The van der Waals surface area contributed by atoms with Crippen molar-refractivity contribution in [2.75, 3.05) is 40.4 Å². The summed E-state index contributed by atoms with van der Waals surface area (Å²) in [5.41, 5.74) is 1.28. The molecule has 0 aliphatic carbocycles. The number of halogens is 1. The lowest BCUT2D eigenvalue weighted by atomic mass is 10.1. The number of guanidine groups is 1. The van der Waals surface area contributed by atoms with Gasteiger partial charge in [0.15, 0.2) is 5.96 Å². The minimum absolute atomic E-state index is 0. The van der Waals surface area contributed by atoms with Crippen molar-refractivity contribution in [3.05, 3.63) is 53.5 Å². The van der Waals surface area contributed by atoms with E-state index < -0.39 is 5.97 Å². The van der Waals surface area contributed by atoms with Crippen molar-refractivity contribution in [3.8, 4) is 5.75 Å². The largest absolute Gasteiger partial charge is 0.496 e. The molecule has 1 fully saturated rings. The molecule has 1 aromatic heterocycles. The quantitative estimate of drug-likeness (QED) is 0.204. The minimum Gasteiger partial charge on any atom is -0.496 e. The number of furan rings is 1. The standard InChI is InChI=1S/C24H34N4O4.HI/c1-4-25-24(26-16-18-10-11-21(30-2)19(15-18)23(29)31-3)27-17-20(22-9-8-14-32-22)28-12-6-5-7-13-28;/h8-11,14-15,20H,4-7,12-13,16-17H2,1-3H3,(H2,25,26,27);1H. The van der Waals surface area contributed by atoms with Crippen LogP contribution < -0.4 is 15.4 Å². The van der Waals surface area contributed by atoms with Crippen LogP contribution in [0.25, 0.3) is 0 Å². The second-order valence-electron chi connectivity index (χ2n) is 7.73. The number of aliphatic imine (C=N–C) groups is 1. The van der Waals surface area contributed by atoms with Gasteiger partial charge < -0.3 is 24.5 Å². The molecule has 33 heavy (non-hydrogen) atoms. The molecule has 0 saturated carbocycles. The molecule has 0 spiro atoms. The van der Waals surface area contributed by atoms with Crippen molar-refractivity contribution in [1.29, 1.82) is 0 Å². The number of hydrogen-bond acceptors (Lipinski definition) is 6. The van der Waals surface area contributed by atoms with Gasteiger partial charge in [0.25, 0.3) is 0 Å². The van der Waals surface area contributed by atoms with Crippen LogP contribution in [0.15, 0.2) is 46.0 Å². The molecule has 1 aliphatic heterocycles. The highest BCUT2D eigenvalue weighted by Crippen LogP contribution is 2.24. The van der Waals surface area contributed by atoms with E-state index in [1.54, 1.807) is 18.4 Å². The lowest BCUT2D eigenvalue weighted by molar-refractivity contribution is 0.0597. The molecular weight excluding hydrogens is 535 g/mol. The molecule has 8 nitrogen and oxygen atoms in total. The summed E-state index contributed by atoms with van der Waals surface area (Å²) < 4.78 is 15.9. The van der Waals surface area contributed by atoms with Gasteiger partial charge in [0.1, 0.15) is 17.1 Å². The molecule has 9 heteroatoms. The molecule has 2 aromatic rings. The molecule has 1 saturated heterocycles. The zero-order valence-electron chi connectivity index (χ0n) is 19.6. The molecule has 0 radical (unpaired) electrons. The maximum absolute atomic E-state index is 12.0. The van der Waals surface area contributed by atoms with E-state index >= 15 is 0 Å². The van der Waals surface area contributed by atoms with Crippen molar-refractivity contribution < 1.29 is 18.7 Å². The van der Waals surface area contributed by atoms with Crippen LogP contribution in [0.3, 0.4) is 0 Å². The third kappa shape index (κ3) is 7.63. The van der Waals surface area contributed by atoms with E-state index in [4.69, 9.17) is 18.9 Å². The lowest BCUT2D eigenvalue weighted by Crippen LogP contribution is -2.44. The Morgan fingerprint density at radius 3 is 2.61 bits per heavy atom. The number of piperidine rings is 1. The van der Waals surface area contributed by atoms with E-state index in [2.05, 4.69) is 15.5 Å². The van der Waals surface area contributed by atoms with Gasteiger partial charge in [-0.3, -0.25) is 4.90 Å². The summed E-state index contributed by atoms with van der Waals surface area (Å²) in [6.45, 7) is 6.03. The number of esters is 1. The monoisotopic (exact) mass is 570 g/mol. The van der Waals surface area contributed by atoms with Crippen LogP contribution in [-0.2, 0) is 11.3 Å². The molecule has 2 heterocycles. The Labute approximate surface area is 213 Å². The van der Waals surface area contributed by atoms with Gasteiger partial charge in [0.2, 0.25) is 0 Å². The molecule has 0 bridgehead atoms. The van der Waals surface area contributed by atoms with Crippen molar-refractivity contribution in [2.45, 2.75) is 38.8 Å². The smallest absolute Gasteiger partial charge is 0.341 e. The minimum atomic E-state index is -0.430. The Morgan fingerprint density at radius 2 is 1.97 bits per heavy atom. The first-order chi connectivity index (χ1) is 15.7. The summed E-state index contributed by atoms with van der Waals surface area (Å²) in [6.07, 6.45) is 5.44. The number of likely N-dealkylation sites (tertiary alicyclic amines) is 1. The van der Waals surface area contributed by atoms with Crippen molar-refractivity contribution >= 4 is 35.9 Å². The first-order valence-electron chi connectivity index (χ1n) is 11.2. The molecule has 3 rings (SSSR count). The third-order valence-corrected chi connectivity index (χ3v) is 5.60. The number of carbonyl (C=O) groups excluding carboxylic acids is 1. The topological polar surface area (TPSA) is 88.3 Å². The summed E-state index contributed by atoms with van der Waals surface area (Å²) in [6, 6.07) is 9.56. The summed E-state index contributed by atoms with van der Waals surface area (Å²) >= 11 is 0. The Bertz CT molecular complexity index is 883. The van der Waals surface area contributed by atoms with Crippen molar-refractivity contribution in [1.82, 2.24) is 15.5 Å². The normalized spacial score (nSPS) is 15.3. The molecular formula is C24H35IN4O4. The second-order valence-corrected chi connectivity index (χ2v) is 7.73. The first kappa shape index (κ1) is 27.0. The number of rotatable bonds is 9. The summed E-state index contributed by atoms with van der Waals surface area (Å²) in [7, 11) is 2.89. The number of hydrogen-bond donors (Lipinski definition) is 2. The van der Waals surface area contributed by atoms with Crippen LogP contribution in [0.1, 0.15) is 53.9 Å². The number of nitrogens with zero attached hydrogens (tertiary/aromatic N) is 2. The van der Waals surface area contributed by atoms with Crippen LogP contribution in [0.4, 0.5) is 0 Å². The number of ether oxygens (including phenoxy) is 2. The highest BCUT2D eigenvalue weighted by Gasteiger charge is 2.24. The molecule has 1 atom stereocenters. The molecule has 1 unspecified atom stereocenters. The molecule has 1 aliphatic rings. The van der Waals surface area contributed by atoms with Crippen LogP contribution in [-0.4, -0.2) is 57.2 Å². The predicted molar refractivity (Wildman–Crippen MR) is 139 cm³/mol. The van der Waals surface area contributed by atoms with Gasteiger partial charge in [0.05, 0.1) is 33.1 Å². The number of nitrogens with one attached hydrogen (secondary N) is 2. The molecule has 1 aromatic carbocycles. The van der Waals surface area contributed by atoms with E-state index in [0.29, 0.717) is 24.4 Å². The fourth-order valence-corrected chi connectivity index (χ4v) is 3.95. The number of methoxy groups -OCH3 is 2. The maximum Gasteiger partial charge on any atom is 0.341 e. The average molecular weight is 570 g/mol. The van der Waals surface area contributed by atoms with E-state index in [9.17, 15) is 4.79 Å². The van der Waals surface area contributed by atoms with E-state index in [-0.39, 0.29) is 30.0 Å². The number of carbonyl (C=O) groups is 1. The Kier molecular flexibility index (Phi) is 11.5. The second kappa shape index (κ2) is 14.1. The maximum atomic E-state index is 12.0. The molecule has 182 valence electrons. The zero-order chi connectivity index (χ0) is 22.8. The SMILES string of the molecule is CCNC(=NCc1ccc(OC)c(C(=O)OC)c1)NCC(c1ccco1)N1CCCCC1.I. The highest BCUT2D eigenvalue weighted by molar-refractivity contribution is 14.0. The highest BCUT2D eigenvalue weighted by atomic mass is 127. The van der Waals surface area contributed by atoms with Gasteiger partial charge in [0, 0.05) is 13.1 Å². The fraction of sp³-hybridized carbons (Fsp3) is 0.500. The van der Waals surface area contributed by atoms with Gasteiger partial charge in [-0.05, 0) is 62.7 Å². The van der Waals surface area contributed by atoms with Gasteiger partial charge in [-0.1, -0.05) is 12.5 Å². The van der Waals surface area contributed by atoms with E-state index in [1.165, 1.54) is 33.5 Å². The first-order valence-corrected chi connectivity index (χ1v) is 11.2. The average Bonchev–Trinajstić information content (AvgIpc) is 3.37. The Morgan fingerprint density at radius 1 is 1.18 bits per heavy atom.